The van der Waals surface area contributed by atoms with E-state index in [4.69, 9.17) is 18.9 Å². The Bertz CT molecular complexity index is 2250. The Morgan fingerprint density at radius 3 is 2.47 bits per heavy atom. The summed E-state index contributed by atoms with van der Waals surface area (Å²) in [6.07, 6.45) is 7.67. The minimum atomic E-state index is -2.27. The Labute approximate surface area is 333 Å². The number of H-pyrrole nitrogens is 1. The van der Waals surface area contributed by atoms with Gasteiger partial charge in [0.05, 0.1) is 27.4 Å². The quantitative estimate of drug-likeness (QED) is 0.196. The highest BCUT2D eigenvalue weighted by molar-refractivity contribution is 5.95. The van der Waals surface area contributed by atoms with Crippen molar-refractivity contribution in [1.29, 1.82) is 0 Å². The van der Waals surface area contributed by atoms with Gasteiger partial charge in [-0.25, -0.2) is 4.79 Å². The maximum atomic E-state index is 15.2. The van der Waals surface area contributed by atoms with Gasteiger partial charge in [-0.3, -0.25) is 19.4 Å². The van der Waals surface area contributed by atoms with Gasteiger partial charge in [0, 0.05) is 90.9 Å². The van der Waals surface area contributed by atoms with E-state index in [9.17, 15) is 14.7 Å². The van der Waals surface area contributed by atoms with Crippen LogP contribution in [0.25, 0.3) is 10.9 Å². The molecule has 5 aliphatic heterocycles. The van der Waals surface area contributed by atoms with E-state index >= 15 is 4.79 Å². The van der Waals surface area contributed by atoms with Gasteiger partial charge in [0.25, 0.3) is 0 Å². The number of fused-ring (bicyclic) bond motifs is 6. The molecule has 57 heavy (non-hydrogen) atoms. The SMILES string of the molecule is CCC1=C[C@H]2CN(C1)Cc1c([nH]c3ccccc13)[C@](C(=O)OC)(c1cc3c(cc1OC)N(C)[C@@H]1[C@](O)(C(=O)OC)[C@H](OC(C)=O)[C@]4(CC)C=CCN5CC[C@]31[C@@H]54)C2. The van der Waals surface area contributed by atoms with Crippen molar-refractivity contribution in [3.05, 3.63) is 82.6 Å². The highest BCUT2D eigenvalue weighted by Crippen LogP contribution is 2.68. The molecule has 12 nitrogen and oxygen atoms in total. The number of methoxy groups -OCH3 is 3. The lowest BCUT2D eigenvalue weighted by Gasteiger charge is -2.63. The van der Waals surface area contributed by atoms with E-state index in [1.54, 1.807) is 7.11 Å². The molecule has 2 aromatic carbocycles. The number of nitrogens with one attached hydrogen (secondary N) is 1. The van der Waals surface area contributed by atoms with Crippen LogP contribution in [0.15, 0.2) is 60.2 Å². The third kappa shape index (κ3) is 4.80. The van der Waals surface area contributed by atoms with E-state index < -0.39 is 45.9 Å². The second-order valence-electron chi connectivity index (χ2n) is 17.2. The first-order valence-electron chi connectivity index (χ1n) is 20.3. The highest BCUT2D eigenvalue weighted by atomic mass is 16.6. The number of benzene rings is 2. The molecule has 2 fully saturated rings. The van der Waals surface area contributed by atoms with Crippen LogP contribution in [0.2, 0.25) is 0 Å². The fourth-order valence-corrected chi connectivity index (χ4v) is 12.8. The first-order chi connectivity index (χ1) is 27.4. The average Bonchev–Trinajstić information content (AvgIpc) is 3.87. The van der Waals surface area contributed by atoms with Gasteiger partial charge in [-0.05, 0) is 61.4 Å². The Balaban J connectivity index is 1.37. The Morgan fingerprint density at radius 2 is 1.77 bits per heavy atom. The lowest BCUT2D eigenvalue weighted by molar-refractivity contribution is -0.228. The third-order valence-electron chi connectivity index (χ3n) is 14.8. The molecule has 2 N–H and O–H groups in total. The molecule has 3 aromatic rings. The van der Waals surface area contributed by atoms with E-state index in [0.29, 0.717) is 50.2 Å². The molecule has 9 atom stereocenters. The van der Waals surface area contributed by atoms with Crippen molar-refractivity contribution in [2.75, 3.05) is 59.5 Å². The number of para-hydroxylation sites is 1. The predicted molar refractivity (Wildman–Crippen MR) is 214 cm³/mol. The molecule has 6 heterocycles. The summed E-state index contributed by atoms with van der Waals surface area (Å²) in [5.41, 5.74) is 1.05. The second kappa shape index (κ2) is 13.2. The van der Waals surface area contributed by atoms with Crippen LogP contribution in [0.5, 0.6) is 5.75 Å². The molecule has 1 aromatic heterocycles. The van der Waals surface area contributed by atoms with Crippen molar-refractivity contribution in [1.82, 2.24) is 14.8 Å². The number of hydrogen-bond donors (Lipinski definition) is 2. The van der Waals surface area contributed by atoms with Gasteiger partial charge >= 0.3 is 17.9 Å². The fourth-order valence-electron chi connectivity index (χ4n) is 12.8. The first-order valence-corrected chi connectivity index (χ1v) is 20.3. The molecule has 12 heteroatoms. The average molecular weight is 779 g/mol. The number of anilines is 1. The largest absolute Gasteiger partial charge is 0.496 e. The Kier molecular flexibility index (Phi) is 8.77. The monoisotopic (exact) mass is 778 g/mol. The number of nitrogens with zero attached hydrogens (tertiary/aromatic N) is 3. The van der Waals surface area contributed by atoms with Crippen LogP contribution in [0.1, 0.15) is 68.8 Å². The van der Waals surface area contributed by atoms with Crippen LogP contribution in [-0.4, -0.2) is 116 Å². The Morgan fingerprint density at radius 1 is 1.00 bits per heavy atom. The number of carbonyl (C=O) groups excluding carboxylic acids is 3. The van der Waals surface area contributed by atoms with Crippen molar-refractivity contribution in [3.8, 4) is 5.75 Å². The van der Waals surface area contributed by atoms with Gasteiger partial charge < -0.3 is 33.9 Å². The van der Waals surface area contributed by atoms with E-state index in [2.05, 4.69) is 58.1 Å². The molecule has 6 aliphatic rings. The summed E-state index contributed by atoms with van der Waals surface area (Å²) in [6.45, 7) is 9.19. The van der Waals surface area contributed by atoms with Gasteiger partial charge in [0.2, 0.25) is 5.60 Å². The van der Waals surface area contributed by atoms with Gasteiger partial charge in [-0.1, -0.05) is 55.8 Å². The number of hydrogen-bond acceptors (Lipinski definition) is 11. The van der Waals surface area contributed by atoms with Crippen LogP contribution in [-0.2, 0) is 46.0 Å². The molecule has 302 valence electrons. The molecule has 0 amide bonds. The van der Waals surface area contributed by atoms with Gasteiger partial charge in [-0.15, -0.1) is 0 Å². The number of carbonyl (C=O) groups is 3. The first kappa shape index (κ1) is 37.9. The molecule has 1 aliphatic carbocycles. The smallest absolute Gasteiger partial charge is 0.344 e. The Hall–Kier alpha value is -4.65. The van der Waals surface area contributed by atoms with E-state index in [1.165, 1.54) is 26.7 Å². The zero-order chi connectivity index (χ0) is 40.2. The standard InChI is InChI=1S/C45H54N4O8/c1-8-27-19-28-22-44(40(51)55-6,36-30(25-48(23-27)24-28)29-13-10-11-14-33(29)46-36)32-20-31-34(21-35(32)54-5)47(4)38-43(31)16-18-49-17-12-15-42(9-2,37(43)49)39(57-26(3)50)45(38,53)41(52)56-7/h10-15,19-21,28,37-39,46,53H,8-9,16-18,22-25H2,1-7H3/t28-,37+,38+,39-,42-,43-,44-,45-/m1/s1. The number of ether oxygens (including phenoxy) is 4. The maximum Gasteiger partial charge on any atom is 0.344 e. The predicted octanol–water partition coefficient (Wildman–Crippen LogP) is 4.75. The summed E-state index contributed by atoms with van der Waals surface area (Å²) in [5, 5.41) is 14.4. The van der Waals surface area contributed by atoms with Crippen LogP contribution in [0, 0.1) is 11.3 Å². The van der Waals surface area contributed by atoms with Crippen LogP contribution >= 0.6 is 0 Å². The summed E-state index contributed by atoms with van der Waals surface area (Å²) in [6, 6.07) is 11.2. The number of aromatic nitrogens is 1. The van der Waals surface area contributed by atoms with E-state index in [-0.39, 0.29) is 17.9 Å². The van der Waals surface area contributed by atoms with Gasteiger partial charge in [-0.2, -0.15) is 0 Å². The summed E-state index contributed by atoms with van der Waals surface area (Å²) in [4.78, 5) is 53.1. The minimum Gasteiger partial charge on any atom is -0.496 e. The lowest BCUT2D eigenvalue weighted by Crippen LogP contribution is -2.81. The summed E-state index contributed by atoms with van der Waals surface area (Å²) in [5.74, 6) is -1.31. The van der Waals surface area contributed by atoms with Crippen molar-refractivity contribution < 1.29 is 38.4 Å². The molecule has 1 spiro atoms. The lowest BCUT2D eigenvalue weighted by atomic mass is 9.47. The summed E-state index contributed by atoms with van der Waals surface area (Å²) < 4.78 is 23.9. The number of esters is 3. The van der Waals surface area contributed by atoms with Crippen molar-refractivity contribution >= 4 is 34.5 Å². The fraction of sp³-hybridized carbons (Fsp3) is 0.533. The number of aliphatic hydroxyl groups is 1. The normalized spacial score (nSPS) is 34.9. The zero-order valence-electron chi connectivity index (χ0n) is 34.0. The van der Waals surface area contributed by atoms with E-state index in [1.807, 2.05) is 37.1 Å². The number of likely N-dealkylation sites (N-methyl/N-ethyl adjacent to an activating group) is 1. The van der Waals surface area contributed by atoms with Crippen molar-refractivity contribution in [2.45, 2.75) is 87.6 Å². The number of rotatable bonds is 7. The summed E-state index contributed by atoms with van der Waals surface area (Å²) >= 11 is 0. The minimum absolute atomic E-state index is 0.0284. The maximum absolute atomic E-state index is 15.2. The van der Waals surface area contributed by atoms with Gasteiger partial charge in [0.15, 0.2) is 6.10 Å². The molecule has 1 saturated carbocycles. The molecule has 0 radical (unpaired) electrons. The second-order valence-corrected chi connectivity index (χ2v) is 17.2. The zero-order valence-corrected chi connectivity index (χ0v) is 34.0. The van der Waals surface area contributed by atoms with Crippen molar-refractivity contribution in [3.63, 3.8) is 0 Å². The van der Waals surface area contributed by atoms with Gasteiger partial charge in [0.1, 0.15) is 11.2 Å². The molecule has 2 bridgehead atoms. The van der Waals surface area contributed by atoms with Crippen LogP contribution < -0.4 is 9.64 Å². The topological polar surface area (TPSA) is 134 Å². The molecule has 1 saturated heterocycles. The van der Waals surface area contributed by atoms with Crippen LogP contribution in [0.4, 0.5) is 5.69 Å². The molecular weight excluding hydrogens is 725 g/mol. The third-order valence-corrected chi connectivity index (χ3v) is 14.8. The highest BCUT2D eigenvalue weighted by Gasteiger charge is 2.80. The molecular formula is C45H54N4O8. The molecule has 1 unspecified atom stereocenters. The molecule has 9 rings (SSSR count). The summed E-state index contributed by atoms with van der Waals surface area (Å²) in [7, 11) is 6.22. The number of aromatic amines is 1. The van der Waals surface area contributed by atoms with E-state index in [0.717, 1.165) is 52.9 Å². The van der Waals surface area contributed by atoms with Crippen LogP contribution in [0.3, 0.4) is 0 Å². The van der Waals surface area contributed by atoms with Crippen molar-refractivity contribution in [2.24, 2.45) is 11.3 Å².